The van der Waals surface area contributed by atoms with E-state index in [1.807, 2.05) is 19.1 Å². The molecule has 0 saturated heterocycles. The normalized spacial score (nSPS) is 16.7. The Morgan fingerprint density at radius 2 is 2.24 bits per heavy atom. The van der Waals surface area contributed by atoms with Crippen molar-refractivity contribution in [2.24, 2.45) is 0 Å². The number of carbonyl (C=O) groups excluding carboxylic acids is 1. The quantitative estimate of drug-likeness (QED) is 0.808. The van der Waals surface area contributed by atoms with Crippen molar-refractivity contribution in [2.75, 3.05) is 6.61 Å². The molecule has 1 aliphatic carbocycles. The molecule has 1 aromatic heterocycles. The van der Waals surface area contributed by atoms with Crippen molar-refractivity contribution in [2.45, 2.75) is 57.6 Å². The highest BCUT2D eigenvalue weighted by atomic mass is 16.5. The van der Waals surface area contributed by atoms with E-state index in [9.17, 15) is 9.90 Å². The third-order valence-corrected chi connectivity index (χ3v) is 3.79. The molecule has 0 unspecified atom stereocenters. The number of pyridine rings is 1. The van der Waals surface area contributed by atoms with Gasteiger partial charge in [-0.05, 0) is 25.3 Å². The minimum atomic E-state index is -0.805. The zero-order valence-corrected chi connectivity index (χ0v) is 12.6. The van der Waals surface area contributed by atoms with Gasteiger partial charge in [0, 0.05) is 18.3 Å². The molecule has 0 bridgehead atoms. The molecule has 21 heavy (non-hydrogen) atoms. The predicted octanol–water partition coefficient (Wildman–Crippen LogP) is 2.18. The number of carbonyl (C=O) groups is 1. The second-order valence-electron chi connectivity index (χ2n) is 5.70. The molecule has 1 heterocycles. The molecule has 1 saturated carbocycles. The van der Waals surface area contributed by atoms with Crippen LogP contribution >= 0.6 is 0 Å². The van der Waals surface area contributed by atoms with Crippen molar-refractivity contribution < 1.29 is 14.6 Å². The number of aliphatic hydroxyl groups is 1. The first-order valence-corrected chi connectivity index (χ1v) is 7.69. The zero-order valence-electron chi connectivity index (χ0n) is 12.6. The number of hydrogen-bond donors (Lipinski definition) is 2. The SMILES string of the molecule is CCCOc1ncccc1CNC(=O)CC1(O)CCCC1. The largest absolute Gasteiger partial charge is 0.477 e. The first-order valence-electron chi connectivity index (χ1n) is 7.69. The number of amides is 1. The lowest BCUT2D eigenvalue weighted by molar-refractivity contribution is -0.126. The first-order chi connectivity index (χ1) is 10.1. The Labute approximate surface area is 125 Å². The van der Waals surface area contributed by atoms with Crippen LogP contribution in [0.1, 0.15) is 51.0 Å². The summed E-state index contributed by atoms with van der Waals surface area (Å²) in [7, 11) is 0. The third kappa shape index (κ3) is 4.70. The molecule has 0 radical (unpaired) electrons. The Bertz CT molecular complexity index is 470. The van der Waals surface area contributed by atoms with Crippen LogP contribution in [-0.4, -0.2) is 28.2 Å². The standard InChI is InChI=1S/C16H24N2O3/c1-2-10-21-15-13(6-5-9-17-15)12-18-14(19)11-16(20)7-3-4-8-16/h5-6,9,20H,2-4,7-8,10-12H2,1H3,(H,18,19). The fraction of sp³-hybridized carbons (Fsp3) is 0.625. The maximum atomic E-state index is 12.0. The van der Waals surface area contributed by atoms with E-state index >= 15 is 0 Å². The topological polar surface area (TPSA) is 71.5 Å². The first kappa shape index (κ1) is 15.8. The van der Waals surface area contributed by atoms with E-state index in [4.69, 9.17) is 4.74 Å². The van der Waals surface area contributed by atoms with E-state index < -0.39 is 5.60 Å². The molecule has 0 atom stereocenters. The van der Waals surface area contributed by atoms with Crippen LogP contribution in [-0.2, 0) is 11.3 Å². The highest BCUT2D eigenvalue weighted by Gasteiger charge is 2.33. The Kier molecular flexibility index (Phi) is 5.56. The van der Waals surface area contributed by atoms with E-state index in [1.54, 1.807) is 6.20 Å². The zero-order chi connectivity index (χ0) is 15.1. The summed E-state index contributed by atoms with van der Waals surface area (Å²) in [5, 5.41) is 13.1. The van der Waals surface area contributed by atoms with E-state index in [2.05, 4.69) is 10.3 Å². The molecule has 2 N–H and O–H groups in total. The van der Waals surface area contributed by atoms with E-state index in [0.717, 1.165) is 37.7 Å². The molecular formula is C16H24N2O3. The lowest BCUT2D eigenvalue weighted by atomic mass is 9.98. The number of nitrogens with one attached hydrogen (secondary N) is 1. The summed E-state index contributed by atoms with van der Waals surface area (Å²) in [6.45, 7) is 3.02. The number of hydrogen-bond acceptors (Lipinski definition) is 4. The minimum absolute atomic E-state index is 0.121. The van der Waals surface area contributed by atoms with Gasteiger partial charge in [-0.2, -0.15) is 0 Å². The molecule has 1 fully saturated rings. The summed E-state index contributed by atoms with van der Waals surface area (Å²) >= 11 is 0. The van der Waals surface area contributed by atoms with Gasteiger partial charge >= 0.3 is 0 Å². The van der Waals surface area contributed by atoms with Crippen LogP contribution in [0.5, 0.6) is 5.88 Å². The van der Waals surface area contributed by atoms with Crippen molar-refractivity contribution >= 4 is 5.91 Å². The fourth-order valence-electron chi connectivity index (χ4n) is 2.65. The van der Waals surface area contributed by atoms with E-state index in [0.29, 0.717) is 19.0 Å². The Balaban J connectivity index is 1.86. The molecule has 0 aromatic carbocycles. The summed E-state index contributed by atoms with van der Waals surface area (Å²) in [5.74, 6) is 0.448. The molecule has 0 spiro atoms. The second kappa shape index (κ2) is 7.41. The van der Waals surface area contributed by atoms with Crippen LogP contribution in [0.25, 0.3) is 0 Å². The lowest BCUT2D eigenvalue weighted by Crippen LogP contribution is -2.34. The van der Waals surface area contributed by atoms with Crippen LogP contribution in [0.3, 0.4) is 0 Å². The van der Waals surface area contributed by atoms with Gasteiger partial charge in [-0.15, -0.1) is 0 Å². The van der Waals surface area contributed by atoms with Crippen LogP contribution in [0.4, 0.5) is 0 Å². The van der Waals surface area contributed by atoms with Gasteiger partial charge in [-0.1, -0.05) is 25.8 Å². The summed E-state index contributed by atoms with van der Waals surface area (Å²) in [4.78, 5) is 16.2. The van der Waals surface area contributed by atoms with Crippen molar-refractivity contribution in [3.05, 3.63) is 23.9 Å². The minimum Gasteiger partial charge on any atom is -0.477 e. The second-order valence-corrected chi connectivity index (χ2v) is 5.70. The lowest BCUT2D eigenvalue weighted by Gasteiger charge is -2.21. The summed E-state index contributed by atoms with van der Waals surface area (Å²) in [6.07, 6.45) is 6.21. The van der Waals surface area contributed by atoms with Gasteiger partial charge in [-0.3, -0.25) is 4.79 Å². The Morgan fingerprint density at radius 3 is 2.95 bits per heavy atom. The molecule has 1 aromatic rings. The highest BCUT2D eigenvalue weighted by molar-refractivity contribution is 5.77. The van der Waals surface area contributed by atoms with Gasteiger partial charge in [0.15, 0.2) is 0 Å². The number of rotatable bonds is 7. The molecule has 116 valence electrons. The van der Waals surface area contributed by atoms with Crippen molar-refractivity contribution in [3.63, 3.8) is 0 Å². The van der Waals surface area contributed by atoms with Gasteiger partial charge in [0.25, 0.3) is 0 Å². The molecule has 1 amide bonds. The van der Waals surface area contributed by atoms with Gasteiger partial charge in [0.05, 0.1) is 18.6 Å². The van der Waals surface area contributed by atoms with Gasteiger partial charge in [0.1, 0.15) is 0 Å². The fourth-order valence-corrected chi connectivity index (χ4v) is 2.65. The van der Waals surface area contributed by atoms with Crippen LogP contribution < -0.4 is 10.1 Å². The maximum Gasteiger partial charge on any atom is 0.223 e. The number of ether oxygens (including phenoxy) is 1. The monoisotopic (exact) mass is 292 g/mol. The van der Waals surface area contributed by atoms with Gasteiger partial charge in [-0.25, -0.2) is 4.98 Å². The molecular weight excluding hydrogens is 268 g/mol. The molecule has 5 heteroatoms. The molecule has 2 rings (SSSR count). The third-order valence-electron chi connectivity index (χ3n) is 3.79. The van der Waals surface area contributed by atoms with Crippen LogP contribution in [0, 0.1) is 0 Å². The summed E-state index contributed by atoms with van der Waals surface area (Å²) in [6, 6.07) is 3.72. The Hall–Kier alpha value is -1.62. The smallest absolute Gasteiger partial charge is 0.223 e. The van der Waals surface area contributed by atoms with Crippen molar-refractivity contribution in [1.29, 1.82) is 0 Å². The van der Waals surface area contributed by atoms with Gasteiger partial charge < -0.3 is 15.2 Å². The predicted molar refractivity (Wildman–Crippen MR) is 79.9 cm³/mol. The molecule has 0 aliphatic heterocycles. The average Bonchev–Trinajstić information content (AvgIpc) is 2.90. The van der Waals surface area contributed by atoms with Crippen LogP contribution in [0.15, 0.2) is 18.3 Å². The van der Waals surface area contributed by atoms with Crippen LogP contribution in [0.2, 0.25) is 0 Å². The number of nitrogens with zero attached hydrogens (tertiary/aromatic N) is 1. The van der Waals surface area contributed by atoms with Crippen molar-refractivity contribution in [3.8, 4) is 5.88 Å². The summed E-state index contributed by atoms with van der Waals surface area (Å²) in [5.41, 5.74) is 0.0540. The van der Waals surface area contributed by atoms with E-state index in [-0.39, 0.29) is 12.3 Å². The number of aromatic nitrogens is 1. The average molecular weight is 292 g/mol. The van der Waals surface area contributed by atoms with Crippen molar-refractivity contribution in [1.82, 2.24) is 10.3 Å². The van der Waals surface area contributed by atoms with E-state index in [1.165, 1.54) is 0 Å². The molecule has 5 nitrogen and oxygen atoms in total. The molecule has 1 aliphatic rings. The summed E-state index contributed by atoms with van der Waals surface area (Å²) < 4.78 is 5.56. The highest BCUT2D eigenvalue weighted by Crippen LogP contribution is 2.32. The maximum absolute atomic E-state index is 12.0. The van der Waals surface area contributed by atoms with Gasteiger partial charge in [0.2, 0.25) is 11.8 Å². The Morgan fingerprint density at radius 1 is 1.48 bits per heavy atom.